The summed E-state index contributed by atoms with van der Waals surface area (Å²) in [4.78, 5) is 1.84. The summed E-state index contributed by atoms with van der Waals surface area (Å²) < 4.78 is 38.9. The van der Waals surface area contributed by atoms with Crippen LogP contribution in [-0.4, -0.2) is 16.1 Å². The van der Waals surface area contributed by atoms with Crippen LogP contribution in [0.4, 0.5) is 13.2 Å². The molecule has 114 valence electrons. The minimum atomic E-state index is -4.33. The van der Waals surface area contributed by atoms with E-state index in [1.165, 1.54) is 6.07 Å². The Bertz CT molecular complexity index is 635. The highest BCUT2D eigenvalue weighted by atomic mass is 32.2. The van der Waals surface area contributed by atoms with E-state index in [4.69, 9.17) is 0 Å². The molecule has 0 atom stereocenters. The summed E-state index contributed by atoms with van der Waals surface area (Å²) in [6.45, 7) is 4.05. The summed E-state index contributed by atoms with van der Waals surface area (Å²) in [5.41, 5.74) is 4.95. The Balaban J connectivity index is 2.25. The first-order valence-corrected chi connectivity index (χ1v) is 7.54. The lowest BCUT2D eigenvalue weighted by molar-refractivity contribution is -0.139. The highest BCUT2D eigenvalue weighted by Gasteiger charge is 2.34. The van der Waals surface area contributed by atoms with Gasteiger partial charge in [-0.25, -0.2) is 0 Å². The van der Waals surface area contributed by atoms with Gasteiger partial charge in [-0.05, 0) is 42.9 Å². The number of halogens is 3. The van der Waals surface area contributed by atoms with Crippen LogP contribution >= 0.6 is 11.8 Å². The van der Waals surface area contributed by atoms with Gasteiger partial charge in [0.15, 0.2) is 0 Å². The number of nitrogens with one attached hydrogen (secondary N) is 1. The molecule has 0 spiro atoms. The quantitative estimate of drug-likeness (QED) is 0.865. The molecule has 0 aliphatic rings. The lowest BCUT2D eigenvalue weighted by Gasteiger charge is -2.17. The Hall–Kier alpha value is -1.63. The van der Waals surface area contributed by atoms with Crippen LogP contribution in [-0.2, 0) is 12.7 Å². The molecule has 21 heavy (non-hydrogen) atoms. The zero-order valence-electron chi connectivity index (χ0n) is 12.0. The van der Waals surface area contributed by atoms with Gasteiger partial charge in [-0.3, -0.25) is 0 Å². The molecule has 1 N–H and O–H groups in total. The zero-order valence-corrected chi connectivity index (χ0v) is 12.8. The summed E-state index contributed by atoms with van der Waals surface area (Å²) >= 11 is 1.12. The van der Waals surface area contributed by atoms with Gasteiger partial charge in [0.1, 0.15) is 0 Å². The molecule has 0 radical (unpaired) electrons. The smallest absolute Gasteiger partial charge is 0.306 e. The number of hydrogen-bond donors (Lipinski definition) is 1. The van der Waals surface area contributed by atoms with Gasteiger partial charge in [0, 0.05) is 4.90 Å². The van der Waals surface area contributed by atoms with E-state index in [1.807, 2.05) is 13.1 Å². The first-order valence-electron chi connectivity index (χ1n) is 6.31. The number of alkyl halides is 3. The van der Waals surface area contributed by atoms with Crippen LogP contribution < -0.4 is 5.43 Å². The summed E-state index contributed by atoms with van der Waals surface area (Å²) in [6.07, 6.45) is 0.856. The largest absolute Gasteiger partial charge is 0.417 e. The molecular formula is C14H16F3N3S. The van der Waals surface area contributed by atoms with Crippen molar-refractivity contribution in [3.05, 3.63) is 46.8 Å². The van der Waals surface area contributed by atoms with Crippen LogP contribution in [0, 0.1) is 13.8 Å². The molecule has 1 aromatic carbocycles. The Morgan fingerprint density at radius 2 is 2.00 bits per heavy atom. The van der Waals surface area contributed by atoms with Crippen molar-refractivity contribution in [3.63, 3.8) is 0 Å². The van der Waals surface area contributed by atoms with Crippen LogP contribution in [0.1, 0.15) is 22.3 Å². The second kappa shape index (κ2) is 6.01. The Kier molecular flexibility index (Phi) is 4.51. The molecule has 0 amide bonds. The maximum absolute atomic E-state index is 13.0. The molecule has 3 nitrogen and oxygen atoms in total. The Labute approximate surface area is 125 Å². The van der Waals surface area contributed by atoms with Crippen LogP contribution in [0.5, 0.6) is 0 Å². The van der Waals surface area contributed by atoms with Gasteiger partial charge in [0.05, 0.1) is 24.5 Å². The lowest BCUT2D eigenvalue weighted by Crippen LogP contribution is -2.16. The zero-order chi connectivity index (χ0) is 15.6. The van der Waals surface area contributed by atoms with Gasteiger partial charge >= 0.3 is 6.18 Å². The average Bonchev–Trinajstić information content (AvgIpc) is 2.81. The van der Waals surface area contributed by atoms with Crippen molar-refractivity contribution in [2.24, 2.45) is 0 Å². The average molecular weight is 315 g/mol. The molecule has 1 aromatic heterocycles. The number of aromatic nitrogens is 2. The lowest BCUT2D eigenvalue weighted by atomic mass is 10.0. The third kappa shape index (κ3) is 3.53. The van der Waals surface area contributed by atoms with Crippen molar-refractivity contribution in [2.45, 2.75) is 31.5 Å². The molecule has 2 rings (SSSR count). The highest BCUT2D eigenvalue weighted by molar-refractivity contribution is 7.98. The van der Waals surface area contributed by atoms with Crippen molar-refractivity contribution >= 4 is 11.8 Å². The second-order valence-electron chi connectivity index (χ2n) is 4.73. The first-order chi connectivity index (χ1) is 9.82. The van der Waals surface area contributed by atoms with E-state index in [0.29, 0.717) is 12.1 Å². The molecule has 0 saturated carbocycles. The molecule has 0 aliphatic carbocycles. The molecular weight excluding hydrogens is 299 g/mol. The van der Waals surface area contributed by atoms with Crippen molar-refractivity contribution in [1.82, 2.24) is 9.89 Å². The second-order valence-corrected chi connectivity index (χ2v) is 5.54. The van der Waals surface area contributed by atoms with E-state index in [9.17, 15) is 13.2 Å². The topological polar surface area (TPSA) is 29.9 Å². The molecule has 2 aromatic rings. The number of rotatable bonds is 4. The van der Waals surface area contributed by atoms with E-state index in [-0.39, 0.29) is 4.90 Å². The maximum Gasteiger partial charge on any atom is 0.417 e. The minimum absolute atomic E-state index is 0.276. The van der Waals surface area contributed by atoms with Crippen LogP contribution in [0.2, 0.25) is 0 Å². The minimum Gasteiger partial charge on any atom is -0.306 e. The fraction of sp³-hybridized carbons (Fsp3) is 0.357. The van der Waals surface area contributed by atoms with Crippen molar-refractivity contribution in [3.8, 4) is 0 Å². The van der Waals surface area contributed by atoms with Crippen LogP contribution in [0.3, 0.4) is 0 Å². The maximum atomic E-state index is 13.0. The Morgan fingerprint density at radius 1 is 1.29 bits per heavy atom. The van der Waals surface area contributed by atoms with Crippen molar-refractivity contribution in [2.75, 3.05) is 11.7 Å². The van der Waals surface area contributed by atoms with E-state index in [2.05, 4.69) is 10.5 Å². The molecule has 7 heteroatoms. The first kappa shape index (κ1) is 15.8. The van der Waals surface area contributed by atoms with Gasteiger partial charge in [-0.15, -0.1) is 11.8 Å². The van der Waals surface area contributed by atoms with Crippen molar-refractivity contribution in [1.29, 1.82) is 0 Å². The summed E-state index contributed by atoms with van der Waals surface area (Å²) in [7, 11) is 0. The summed E-state index contributed by atoms with van der Waals surface area (Å²) in [6, 6.07) is 2.66. The van der Waals surface area contributed by atoms with Gasteiger partial charge in [-0.2, -0.15) is 23.1 Å². The van der Waals surface area contributed by atoms with Crippen molar-refractivity contribution < 1.29 is 13.2 Å². The third-order valence-electron chi connectivity index (χ3n) is 3.17. The van der Waals surface area contributed by atoms with E-state index >= 15 is 0 Å². The fourth-order valence-corrected chi connectivity index (χ4v) is 2.92. The Morgan fingerprint density at radius 3 is 2.52 bits per heavy atom. The number of hydrogen-bond acceptors (Lipinski definition) is 3. The monoisotopic (exact) mass is 315 g/mol. The molecule has 0 bridgehead atoms. The van der Waals surface area contributed by atoms with Gasteiger partial charge in [0.2, 0.25) is 0 Å². The molecule has 0 aliphatic heterocycles. The van der Waals surface area contributed by atoms with Gasteiger partial charge in [-0.1, -0.05) is 6.07 Å². The number of nitrogens with zero attached hydrogens (tertiary/aromatic N) is 2. The number of thioether (sulfide) groups is 1. The van der Waals surface area contributed by atoms with Crippen LogP contribution in [0.15, 0.2) is 29.4 Å². The van der Waals surface area contributed by atoms with Gasteiger partial charge < -0.3 is 5.43 Å². The van der Waals surface area contributed by atoms with Gasteiger partial charge in [0.25, 0.3) is 0 Å². The number of aryl methyl sites for hydroxylation is 1. The number of benzene rings is 1. The standard InChI is InChI=1S/C14H16F3N3S/c1-9-6-18-20(8-9)19-7-11-4-5-12(14(15,16)17)13(21-3)10(11)2/h4-6,8,19H,7H2,1-3H3. The van der Waals surface area contributed by atoms with E-state index in [1.54, 1.807) is 24.2 Å². The fourth-order valence-electron chi connectivity index (χ4n) is 2.08. The van der Waals surface area contributed by atoms with E-state index in [0.717, 1.165) is 29.0 Å². The SMILES string of the molecule is CSc1c(C(F)(F)F)ccc(CNn2cc(C)cn2)c1C. The molecule has 0 saturated heterocycles. The third-order valence-corrected chi connectivity index (χ3v) is 4.11. The summed E-state index contributed by atoms with van der Waals surface area (Å²) in [5.74, 6) is 0. The predicted octanol–water partition coefficient (Wildman–Crippen LogP) is 3.98. The van der Waals surface area contributed by atoms with E-state index < -0.39 is 11.7 Å². The molecule has 0 fully saturated rings. The molecule has 1 heterocycles. The predicted molar refractivity (Wildman–Crippen MR) is 78.0 cm³/mol. The molecule has 0 unspecified atom stereocenters. The van der Waals surface area contributed by atoms with Crippen LogP contribution in [0.25, 0.3) is 0 Å². The normalized spacial score (nSPS) is 11.7. The summed E-state index contributed by atoms with van der Waals surface area (Å²) in [5, 5.41) is 4.08. The highest BCUT2D eigenvalue weighted by Crippen LogP contribution is 2.38.